The van der Waals surface area contributed by atoms with Gasteiger partial charge in [0, 0.05) is 16.7 Å². The van der Waals surface area contributed by atoms with Crippen LogP contribution < -0.4 is 10.6 Å². The van der Waals surface area contributed by atoms with E-state index in [-0.39, 0.29) is 0 Å². The summed E-state index contributed by atoms with van der Waals surface area (Å²) in [5, 5.41) is 8.56. The molecule has 0 aromatic carbocycles. The molecule has 2 N–H and O–H groups in total. The molecule has 82 valence electrons. The normalized spacial score (nSPS) is 9.81. The molecule has 2 aromatic heterocycles. The highest BCUT2D eigenvalue weighted by atomic mass is 79.9. The second kappa shape index (κ2) is 4.75. The molecule has 0 aliphatic rings. The summed E-state index contributed by atoms with van der Waals surface area (Å²) < 4.78 is 5.41. The van der Waals surface area contributed by atoms with Crippen molar-refractivity contribution in [3.63, 3.8) is 0 Å². The van der Waals surface area contributed by atoms with Crippen LogP contribution in [0.5, 0.6) is 0 Å². The van der Waals surface area contributed by atoms with Gasteiger partial charge in [0.25, 0.3) is 0 Å². The van der Waals surface area contributed by atoms with E-state index in [0.29, 0.717) is 11.6 Å². The van der Waals surface area contributed by atoms with Crippen molar-refractivity contribution in [3.05, 3.63) is 35.1 Å². The molecule has 6 nitrogen and oxygen atoms in total. The summed E-state index contributed by atoms with van der Waals surface area (Å²) in [4.78, 5) is 15.4. The van der Waals surface area contributed by atoms with Gasteiger partial charge in [0.15, 0.2) is 5.82 Å². The number of anilines is 2. The van der Waals surface area contributed by atoms with Crippen LogP contribution in [0.1, 0.15) is 0 Å². The molecule has 0 aliphatic carbocycles. The molecule has 0 saturated heterocycles. The van der Waals surface area contributed by atoms with Crippen molar-refractivity contribution in [1.29, 1.82) is 0 Å². The Labute approximate surface area is 99.2 Å². The molecule has 0 bridgehead atoms. The predicted molar refractivity (Wildman–Crippen MR) is 61.1 cm³/mol. The predicted octanol–water partition coefficient (Wildman–Crippen LogP) is 2.48. The fourth-order valence-electron chi connectivity index (χ4n) is 0.991. The largest absolute Gasteiger partial charge is 0.363 e. The van der Waals surface area contributed by atoms with Crippen LogP contribution in [-0.4, -0.2) is 16.2 Å². The first-order chi connectivity index (χ1) is 7.74. The first kappa shape index (κ1) is 10.6. The van der Waals surface area contributed by atoms with E-state index in [9.17, 15) is 4.79 Å². The van der Waals surface area contributed by atoms with E-state index in [1.54, 1.807) is 18.3 Å². The number of pyridine rings is 1. The molecule has 0 fully saturated rings. The number of urea groups is 1. The molecule has 0 unspecified atom stereocenters. The Morgan fingerprint density at radius 3 is 2.69 bits per heavy atom. The number of nitrogens with one attached hydrogen (secondary N) is 2. The number of amides is 2. The van der Waals surface area contributed by atoms with Gasteiger partial charge in [0.05, 0.1) is 0 Å². The zero-order valence-corrected chi connectivity index (χ0v) is 9.56. The summed E-state index contributed by atoms with van der Waals surface area (Å²) in [5.74, 6) is 0.791. The lowest BCUT2D eigenvalue weighted by Crippen LogP contribution is -2.20. The average molecular weight is 283 g/mol. The lowest BCUT2D eigenvalue weighted by atomic mass is 10.5. The van der Waals surface area contributed by atoms with E-state index in [4.69, 9.17) is 0 Å². The molecule has 0 saturated carbocycles. The topological polar surface area (TPSA) is 80.0 Å². The standard InChI is InChI=1S/C9H7BrN4O2/c10-6-1-2-7(11-5-6)12-9(15)13-8-3-4-16-14-8/h1-5H,(H2,11,12,13,14,15). The van der Waals surface area contributed by atoms with Crippen LogP contribution in [0.2, 0.25) is 0 Å². The third-order valence-corrected chi connectivity index (χ3v) is 2.12. The van der Waals surface area contributed by atoms with Crippen molar-refractivity contribution in [2.45, 2.75) is 0 Å². The van der Waals surface area contributed by atoms with Crippen molar-refractivity contribution in [2.24, 2.45) is 0 Å². The van der Waals surface area contributed by atoms with Gasteiger partial charge in [-0.15, -0.1) is 0 Å². The molecule has 2 rings (SSSR count). The summed E-state index contributed by atoms with van der Waals surface area (Å²) in [6, 6.07) is 4.56. The average Bonchev–Trinajstić information content (AvgIpc) is 2.74. The van der Waals surface area contributed by atoms with Gasteiger partial charge >= 0.3 is 6.03 Å². The Morgan fingerprint density at radius 2 is 2.06 bits per heavy atom. The van der Waals surface area contributed by atoms with Crippen LogP contribution in [0, 0.1) is 0 Å². The van der Waals surface area contributed by atoms with Gasteiger partial charge in [-0.25, -0.2) is 9.78 Å². The van der Waals surface area contributed by atoms with Crippen LogP contribution in [-0.2, 0) is 0 Å². The molecular formula is C9H7BrN4O2. The molecular weight excluding hydrogens is 276 g/mol. The molecule has 2 amide bonds. The Balaban J connectivity index is 1.95. The fourth-order valence-corrected chi connectivity index (χ4v) is 1.23. The summed E-state index contributed by atoms with van der Waals surface area (Å²) in [5.41, 5.74) is 0. The first-order valence-corrected chi connectivity index (χ1v) is 5.13. The van der Waals surface area contributed by atoms with Crippen molar-refractivity contribution in [1.82, 2.24) is 10.1 Å². The van der Waals surface area contributed by atoms with E-state index in [2.05, 4.69) is 41.2 Å². The van der Waals surface area contributed by atoms with Gasteiger partial charge in [-0.05, 0) is 28.1 Å². The molecule has 7 heteroatoms. The molecule has 2 heterocycles. The number of aromatic nitrogens is 2. The zero-order valence-electron chi connectivity index (χ0n) is 7.98. The number of nitrogens with zero attached hydrogens (tertiary/aromatic N) is 2. The number of rotatable bonds is 2. The zero-order chi connectivity index (χ0) is 11.4. The first-order valence-electron chi connectivity index (χ1n) is 4.34. The van der Waals surface area contributed by atoms with Crippen LogP contribution in [0.4, 0.5) is 16.4 Å². The Morgan fingerprint density at radius 1 is 1.25 bits per heavy atom. The molecule has 0 radical (unpaired) electrons. The van der Waals surface area contributed by atoms with E-state index in [1.165, 1.54) is 12.3 Å². The maximum Gasteiger partial charge on any atom is 0.326 e. The van der Waals surface area contributed by atoms with Crippen LogP contribution in [0.25, 0.3) is 0 Å². The lowest BCUT2D eigenvalue weighted by Gasteiger charge is -2.03. The van der Waals surface area contributed by atoms with E-state index < -0.39 is 6.03 Å². The molecule has 0 spiro atoms. The van der Waals surface area contributed by atoms with Gasteiger partial charge in [-0.3, -0.25) is 10.6 Å². The van der Waals surface area contributed by atoms with Gasteiger partial charge in [-0.1, -0.05) is 5.16 Å². The lowest BCUT2D eigenvalue weighted by molar-refractivity contribution is 0.262. The number of carbonyl (C=O) groups is 1. The summed E-state index contributed by atoms with van der Waals surface area (Å²) in [7, 11) is 0. The molecule has 0 atom stereocenters. The number of hydrogen-bond acceptors (Lipinski definition) is 4. The minimum absolute atomic E-state index is 0.342. The number of hydrogen-bond donors (Lipinski definition) is 2. The van der Waals surface area contributed by atoms with Crippen molar-refractivity contribution in [3.8, 4) is 0 Å². The van der Waals surface area contributed by atoms with Crippen LogP contribution in [0.3, 0.4) is 0 Å². The number of halogens is 1. The highest BCUT2D eigenvalue weighted by Gasteiger charge is 2.04. The molecule has 2 aromatic rings. The van der Waals surface area contributed by atoms with Gasteiger partial charge in [-0.2, -0.15) is 0 Å². The molecule has 0 aliphatic heterocycles. The highest BCUT2D eigenvalue weighted by molar-refractivity contribution is 9.10. The Kier molecular flexibility index (Phi) is 3.16. The minimum atomic E-state index is -0.427. The second-order valence-corrected chi connectivity index (χ2v) is 3.74. The van der Waals surface area contributed by atoms with Gasteiger partial charge < -0.3 is 4.52 Å². The van der Waals surface area contributed by atoms with Crippen LogP contribution >= 0.6 is 15.9 Å². The monoisotopic (exact) mass is 282 g/mol. The molecule has 16 heavy (non-hydrogen) atoms. The Hall–Kier alpha value is -1.89. The van der Waals surface area contributed by atoms with E-state index >= 15 is 0 Å². The van der Waals surface area contributed by atoms with Crippen LogP contribution in [0.15, 0.2) is 39.7 Å². The Bertz CT molecular complexity index is 469. The third kappa shape index (κ3) is 2.80. The van der Waals surface area contributed by atoms with Gasteiger partial charge in [0.1, 0.15) is 12.1 Å². The summed E-state index contributed by atoms with van der Waals surface area (Å²) in [6.07, 6.45) is 2.96. The van der Waals surface area contributed by atoms with E-state index in [0.717, 1.165) is 4.47 Å². The fraction of sp³-hybridized carbons (Fsp3) is 0. The van der Waals surface area contributed by atoms with Crippen molar-refractivity contribution >= 4 is 33.6 Å². The summed E-state index contributed by atoms with van der Waals surface area (Å²) >= 11 is 3.25. The highest BCUT2D eigenvalue weighted by Crippen LogP contribution is 2.10. The smallest absolute Gasteiger partial charge is 0.326 e. The second-order valence-electron chi connectivity index (χ2n) is 2.83. The van der Waals surface area contributed by atoms with E-state index in [1.807, 2.05) is 0 Å². The summed E-state index contributed by atoms with van der Waals surface area (Å²) in [6.45, 7) is 0. The SMILES string of the molecule is O=C(Nc1ccc(Br)cn1)Nc1ccon1. The number of carbonyl (C=O) groups excluding carboxylic acids is 1. The maximum absolute atomic E-state index is 11.4. The maximum atomic E-state index is 11.4. The van der Waals surface area contributed by atoms with Crippen molar-refractivity contribution in [2.75, 3.05) is 10.6 Å². The van der Waals surface area contributed by atoms with Gasteiger partial charge in [0.2, 0.25) is 0 Å². The third-order valence-electron chi connectivity index (χ3n) is 1.65. The van der Waals surface area contributed by atoms with Crippen molar-refractivity contribution < 1.29 is 9.32 Å². The minimum Gasteiger partial charge on any atom is -0.363 e. The quantitative estimate of drug-likeness (QED) is 0.887.